The smallest absolute Gasteiger partial charge is 0.307 e. The van der Waals surface area contributed by atoms with Gasteiger partial charge in [0.2, 0.25) is 0 Å². The maximum Gasteiger partial charge on any atom is 0.307 e. The minimum atomic E-state index is -0.880. The van der Waals surface area contributed by atoms with Gasteiger partial charge in [0.1, 0.15) is 18.0 Å². The quantitative estimate of drug-likeness (QED) is 0.758. The molecule has 0 bridgehead atoms. The number of halogens is 1. The highest BCUT2D eigenvalue weighted by atomic mass is 79.9. The first-order chi connectivity index (χ1) is 10.6. The van der Waals surface area contributed by atoms with Gasteiger partial charge in [0.25, 0.3) is 0 Å². The summed E-state index contributed by atoms with van der Waals surface area (Å²) in [6.07, 6.45) is 3.61. The lowest BCUT2D eigenvalue weighted by atomic mass is 10.1. The van der Waals surface area contributed by atoms with Gasteiger partial charge in [0, 0.05) is 16.2 Å². The fourth-order valence-electron chi connectivity index (χ4n) is 2.22. The van der Waals surface area contributed by atoms with Crippen LogP contribution >= 0.6 is 15.9 Å². The number of carboxylic acids is 1. The first kappa shape index (κ1) is 14.6. The Hall–Kier alpha value is -2.34. The maximum absolute atomic E-state index is 10.9. The highest BCUT2D eigenvalue weighted by molar-refractivity contribution is 9.10. The van der Waals surface area contributed by atoms with Crippen molar-refractivity contribution < 1.29 is 14.6 Å². The summed E-state index contributed by atoms with van der Waals surface area (Å²) in [5, 5.41) is 8.94. The second kappa shape index (κ2) is 6.19. The Morgan fingerprint density at radius 1 is 1.27 bits per heavy atom. The van der Waals surface area contributed by atoms with Crippen LogP contribution in [0.1, 0.15) is 11.3 Å². The zero-order chi connectivity index (χ0) is 15.5. The Labute approximate surface area is 135 Å². The van der Waals surface area contributed by atoms with Gasteiger partial charge in [-0.2, -0.15) is 0 Å². The number of para-hydroxylation sites is 1. The minimum Gasteiger partial charge on any atom is -0.487 e. The summed E-state index contributed by atoms with van der Waals surface area (Å²) >= 11 is 3.43. The molecule has 0 amide bonds. The van der Waals surface area contributed by atoms with Gasteiger partial charge in [-0.25, -0.2) is 4.98 Å². The molecular weight excluding hydrogens is 348 g/mol. The summed E-state index contributed by atoms with van der Waals surface area (Å²) in [6.45, 7) is 0.314. The number of rotatable bonds is 5. The number of ether oxygens (including phenoxy) is 1. The number of benzene rings is 1. The molecule has 3 rings (SSSR count). The molecule has 0 atom stereocenters. The summed E-state index contributed by atoms with van der Waals surface area (Å²) < 4.78 is 8.67. The van der Waals surface area contributed by atoms with Crippen LogP contribution in [-0.4, -0.2) is 20.5 Å². The van der Waals surface area contributed by atoms with Crippen LogP contribution in [0.4, 0.5) is 0 Å². The molecule has 0 aliphatic rings. The van der Waals surface area contributed by atoms with Crippen LogP contribution in [0.15, 0.2) is 53.3 Å². The van der Waals surface area contributed by atoms with E-state index in [1.807, 2.05) is 28.8 Å². The molecule has 2 heterocycles. The molecule has 3 aromatic rings. The van der Waals surface area contributed by atoms with Crippen molar-refractivity contribution in [2.24, 2.45) is 0 Å². The Morgan fingerprint density at radius 2 is 2.09 bits per heavy atom. The molecule has 5 nitrogen and oxygen atoms in total. The number of hydrogen-bond donors (Lipinski definition) is 1. The van der Waals surface area contributed by atoms with Crippen molar-refractivity contribution in [2.45, 2.75) is 13.0 Å². The number of aromatic nitrogens is 2. The number of imidazole rings is 1. The van der Waals surface area contributed by atoms with E-state index in [1.54, 1.807) is 24.4 Å². The molecule has 1 aromatic carbocycles. The molecule has 1 N–H and O–H groups in total. The van der Waals surface area contributed by atoms with E-state index in [0.29, 0.717) is 17.9 Å². The monoisotopic (exact) mass is 360 g/mol. The Kier molecular flexibility index (Phi) is 4.11. The minimum absolute atomic E-state index is 0.0606. The van der Waals surface area contributed by atoms with E-state index in [0.717, 1.165) is 15.8 Å². The zero-order valence-corrected chi connectivity index (χ0v) is 13.2. The van der Waals surface area contributed by atoms with Crippen LogP contribution in [0.2, 0.25) is 0 Å². The molecule has 0 saturated carbocycles. The SMILES string of the molecule is O=C(O)Cc1ccccc1OCc1cnc2ccc(Br)cn12. The molecule has 0 fully saturated rings. The average Bonchev–Trinajstić information content (AvgIpc) is 2.88. The molecule has 2 aromatic heterocycles. The second-order valence-corrected chi connectivity index (χ2v) is 5.71. The molecular formula is C16H13BrN2O3. The van der Waals surface area contributed by atoms with E-state index in [4.69, 9.17) is 9.84 Å². The van der Waals surface area contributed by atoms with Gasteiger partial charge in [0.15, 0.2) is 0 Å². The fraction of sp³-hybridized carbons (Fsp3) is 0.125. The number of aliphatic carboxylic acids is 1. The van der Waals surface area contributed by atoms with E-state index in [9.17, 15) is 4.79 Å². The van der Waals surface area contributed by atoms with E-state index in [2.05, 4.69) is 20.9 Å². The summed E-state index contributed by atoms with van der Waals surface area (Å²) in [5.74, 6) is -0.301. The van der Waals surface area contributed by atoms with Crippen LogP contribution in [-0.2, 0) is 17.8 Å². The van der Waals surface area contributed by atoms with Gasteiger partial charge in [-0.05, 0) is 34.1 Å². The average molecular weight is 361 g/mol. The predicted molar refractivity (Wildman–Crippen MR) is 85.0 cm³/mol. The molecule has 0 aliphatic carbocycles. The fourth-order valence-corrected chi connectivity index (χ4v) is 2.55. The van der Waals surface area contributed by atoms with Gasteiger partial charge < -0.3 is 9.84 Å². The maximum atomic E-state index is 10.9. The zero-order valence-electron chi connectivity index (χ0n) is 11.6. The molecule has 22 heavy (non-hydrogen) atoms. The lowest BCUT2D eigenvalue weighted by molar-refractivity contribution is -0.136. The molecule has 0 spiro atoms. The number of fused-ring (bicyclic) bond motifs is 1. The molecule has 0 unspecified atom stereocenters. The summed E-state index contributed by atoms with van der Waals surface area (Å²) in [4.78, 5) is 15.2. The summed E-state index contributed by atoms with van der Waals surface area (Å²) in [7, 11) is 0. The summed E-state index contributed by atoms with van der Waals surface area (Å²) in [6, 6.07) is 11.0. The molecule has 0 saturated heterocycles. The Morgan fingerprint density at radius 3 is 2.91 bits per heavy atom. The van der Waals surface area contributed by atoms with E-state index >= 15 is 0 Å². The number of pyridine rings is 1. The third-order valence-corrected chi connectivity index (χ3v) is 3.71. The highest BCUT2D eigenvalue weighted by Gasteiger charge is 2.09. The lowest BCUT2D eigenvalue weighted by Crippen LogP contribution is -2.05. The molecule has 6 heteroatoms. The van der Waals surface area contributed by atoms with Crippen LogP contribution < -0.4 is 4.74 Å². The van der Waals surface area contributed by atoms with Crippen molar-refractivity contribution in [3.05, 3.63) is 64.5 Å². The number of carbonyl (C=O) groups is 1. The number of carboxylic acid groups (broad SMARTS) is 1. The first-order valence-corrected chi connectivity index (χ1v) is 7.47. The third-order valence-electron chi connectivity index (χ3n) is 3.24. The summed E-state index contributed by atoms with van der Waals surface area (Å²) in [5.41, 5.74) is 2.38. The van der Waals surface area contributed by atoms with Gasteiger partial charge in [-0.1, -0.05) is 18.2 Å². The topological polar surface area (TPSA) is 63.8 Å². The largest absolute Gasteiger partial charge is 0.487 e. The van der Waals surface area contributed by atoms with Crippen LogP contribution in [0.3, 0.4) is 0 Å². The van der Waals surface area contributed by atoms with Crippen molar-refractivity contribution in [1.82, 2.24) is 9.38 Å². The van der Waals surface area contributed by atoms with Gasteiger partial charge in [0.05, 0.1) is 18.3 Å². The predicted octanol–water partition coefficient (Wildman–Crippen LogP) is 3.30. The van der Waals surface area contributed by atoms with Crippen LogP contribution in [0, 0.1) is 0 Å². The first-order valence-electron chi connectivity index (χ1n) is 6.67. The molecule has 0 radical (unpaired) electrons. The second-order valence-electron chi connectivity index (χ2n) is 4.79. The Balaban J connectivity index is 1.82. The standard InChI is InChI=1S/C16H13BrN2O3/c17-12-5-6-15-18-8-13(19(15)9-12)10-22-14-4-2-1-3-11(14)7-16(20)21/h1-6,8-9H,7,10H2,(H,20,21). The van der Waals surface area contributed by atoms with Crippen molar-refractivity contribution >= 4 is 27.5 Å². The molecule has 112 valence electrons. The normalized spacial score (nSPS) is 10.8. The Bertz CT molecular complexity index is 829. The van der Waals surface area contributed by atoms with Crippen molar-refractivity contribution in [2.75, 3.05) is 0 Å². The number of hydrogen-bond acceptors (Lipinski definition) is 3. The van der Waals surface area contributed by atoms with E-state index in [1.165, 1.54) is 0 Å². The van der Waals surface area contributed by atoms with Crippen molar-refractivity contribution in [3.63, 3.8) is 0 Å². The van der Waals surface area contributed by atoms with Crippen LogP contribution in [0.25, 0.3) is 5.65 Å². The highest BCUT2D eigenvalue weighted by Crippen LogP contribution is 2.21. The van der Waals surface area contributed by atoms with Crippen LogP contribution in [0.5, 0.6) is 5.75 Å². The van der Waals surface area contributed by atoms with Gasteiger partial charge >= 0.3 is 5.97 Å². The lowest BCUT2D eigenvalue weighted by Gasteiger charge is -2.10. The van der Waals surface area contributed by atoms with E-state index in [-0.39, 0.29) is 6.42 Å². The van der Waals surface area contributed by atoms with Crippen molar-refractivity contribution in [3.8, 4) is 5.75 Å². The van der Waals surface area contributed by atoms with Crippen molar-refractivity contribution in [1.29, 1.82) is 0 Å². The molecule has 0 aliphatic heterocycles. The van der Waals surface area contributed by atoms with Gasteiger partial charge in [-0.3, -0.25) is 9.20 Å². The third kappa shape index (κ3) is 3.12. The number of nitrogens with zero attached hydrogens (tertiary/aromatic N) is 2. The van der Waals surface area contributed by atoms with E-state index < -0.39 is 5.97 Å². The van der Waals surface area contributed by atoms with Gasteiger partial charge in [-0.15, -0.1) is 0 Å².